The van der Waals surface area contributed by atoms with Crippen LogP contribution in [0.2, 0.25) is 0 Å². The van der Waals surface area contributed by atoms with E-state index in [4.69, 9.17) is 15.0 Å². The molecule has 66 heavy (non-hydrogen) atoms. The standard InChI is InChI=1S/C62H38N4/c1-4-16-39(17-5-1)54-33-30-41-28-29-42-31-34-55(64-61(42)60(41)63-54)43-32-35-56-48(36-43)47-37-53-58(38-49(47)59(65-56)40-18-6-2-7-19-40)66(44-20-8-3-9-21-44)57-27-15-14-26-52(57)62(53)50-24-12-10-22-45(50)46-23-11-13-25-51(46)62/h1-38H. The Morgan fingerprint density at radius 1 is 0.333 bits per heavy atom. The van der Waals surface area contributed by atoms with Crippen LogP contribution >= 0.6 is 0 Å². The van der Waals surface area contributed by atoms with Gasteiger partial charge in [-0.1, -0.05) is 176 Å². The molecule has 1 aliphatic carbocycles. The molecule has 1 aliphatic heterocycles. The Hall–Kier alpha value is -8.73. The summed E-state index contributed by atoms with van der Waals surface area (Å²) in [5, 5.41) is 5.44. The lowest BCUT2D eigenvalue weighted by atomic mass is 9.64. The van der Waals surface area contributed by atoms with E-state index in [0.29, 0.717) is 0 Å². The molecule has 9 aromatic carbocycles. The molecule has 14 rings (SSSR count). The largest absolute Gasteiger partial charge is 0.310 e. The first-order valence-corrected chi connectivity index (χ1v) is 22.6. The Morgan fingerprint density at radius 3 is 1.55 bits per heavy atom. The molecule has 0 atom stereocenters. The van der Waals surface area contributed by atoms with Crippen LogP contribution in [0.25, 0.3) is 88.4 Å². The van der Waals surface area contributed by atoms with E-state index in [1.54, 1.807) is 0 Å². The highest BCUT2D eigenvalue weighted by atomic mass is 15.2. The van der Waals surface area contributed by atoms with Gasteiger partial charge in [-0.15, -0.1) is 0 Å². The van der Waals surface area contributed by atoms with E-state index in [2.05, 4.69) is 229 Å². The average molecular weight is 839 g/mol. The molecule has 0 N–H and O–H groups in total. The van der Waals surface area contributed by atoms with Crippen molar-refractivity contribution in [1.29, 1.82) is 0 Å². The van der Waals surface area contributed by atoms with E-state index in [9.17, 15) is 0 Å². The summed E-state index contributed by atoms with van der Waals surface area (Å²) in [7, 11) is 0. The number of aromatic nitrogens is 3. The number of fused-ring (bicyclic) bond motifs is 15. The van der Waals surface area contributed by atoms with Crippen molar-refractivity contribution in [2.24, 2.45) is 0 Å². The number of nitrogens with zero attached hydrogens (tertiary/aromatic N) is 4. The molecule has 3 aromatic heterocycles. The van der Waals surface area contributed by atoms with Gasteiger partial charge in [0.2, 0.25) is 0 Å². The average Bonchev–Trinajstić information content (AvgIpc) is 3.69. The molecule has 12 aromatic rings. The van der Waals surface area contributed by atoms with Crippen LogP contribution < -0.4 is 4.90 Å². The molecule has 0 amide bonds. The van der Waals surface area contributed by atoms with Crippen molar-refractivity contribution in [3.63, 3.8) is 0 Å². The summed E-state index contributed by atoms with van der Waals surface area (Å²) in [5.74, 6) is 0. The van der Waals surface area contributed by atoms with E-state index < -0.39 is 5.41 Å². The third kappa shape index (κ3) is 5.24. The van der Waals surface area contributed by atoms with Gasteiger partial charge in [0.15, 0.2) is 0 Å². The SMILES string of the molecule is c1ccc(-c2ccc3ccc4ccc(-c5ccc6nc(-c7ccccc7)c7cc8c(cc7c6c5)C5(c6ccccc6-c6ccccc65)c5ccccc5N8c5ccccc5)nc4c3n2)cc1. The zero-order valence-electron chi connectivity index (χ0n) is 35.7. The highest BCUT2D eigenvalue weighted by molar-refractivity contribution is 6.15. The Bertz CT molecular complexity index is 3890. The van der Waals surface area contributed by atoms with Crippen molar-refractivity contribution >= 4 is 60.5 Å². The fourth-order valence-corrected chi connectivity index (χ4v) is 11.1. The van der Waals surface area contributed by atoms with Gasteiger partial charge in [0.1, 0.15) is 0 Å². The first-order chi connectivity index (χ1) is 32.7. The van der Waals surface area contributed by atoms with E-state index in [1.165, 1.54) is 39.1 Å². The molecule has 0 radical (unpaired) electrons. The molecule has 4 nitrogen and oxygen atoms in total. The van der Waals surface area contributed by atoms with Crippen molar-refractivity contribution in [1.82, 2.24) is 15.0 Å². The third-order valence-electron chi connectivity index (χ3n) is 14.0. The fourth-order valence-electron chi connectivity index (χ4n) is 11.1. The quantitative estimate of drug-likeness (QED) is 0.166. The zero-order chi connectivity index (χ0) is 43.3. The predicted octanol–water partition coefficient (Wildman–Crippen LogP) is 15.6. The van der Waals surface area contributed by atoms with Gasteiger partial charge in [-0.2, -0.15) is 0 Å². The molecule has 4 heteroatoms. The Balaban J connectivity index is 1.08. The molecule has 0 bridgehead atoms. The van der Waals surface area contributed by atoms with Gasteiger partial charge in [0, 0.05) is 43.9 Å². The first-order valence-electron chi connectivity index (χ1n) is 22.6. The van der Waals surface area contributed by atoms with Crippen molar-refractivity contribution in [3.05, 3.63) is 253 Å². The molecule has 2 aliphatic rings. The Morgan fingerprint density at radius 2 is 0.879 bits per heavy atom. The Kier molecular flexibility index (Phi) is 7.87. The molecule has 306 valence electrons. The molecule has 0 fully saturated rings. The van der Waals surface area contributed by atoms with E-state index in [-0.39, 0.29) is 0 Å². The molecule has 0 saturated heterocycles. The van der Waals surface area contributed by atoms with E-state index >= 15 is 0 Å². The van der Waals surface area contributed by atoms with Crippen LogP contribution in [-0.4, -0.2) is 15.0 Å². The van der Waals surface area contributed by atoms with E-state index in [0.717, 1.165) is 88.6 Å². The number of hydrogen-bond acceptors (Lipinski definition) is 4. The molecule has 1 spiro atoms. The van der Waals surface area contributed by atoms with Gasteiger partial charge in [-0.3, -0.25) is 0 Å². The maximum Gasteiger partial charge on any atom is 0.0972 e. The van der Waals surface area contributed by atoms with Crippen LogP contribution in [0.15, 0.2) is 231 Å². The summed E-state index contributed by atoms with van der Waals surface area (Å²) in [5.41, 5.74) is 19.1. The van der Waals surface area contributed by atoms with Gasteiger partial charge >= 0.3 is 0 Å². The summed E-state index contributed by atoms with van der Waals surface area (Å²) in [6, 6.07) is 83.4. The topological polar surface area (TPSA) is 41.9 Å². The number of benzene rings is 9. The second-order valence-corrected chi connectivity index (χ2v) is 17.5. The first kappa shape index (κ1) is 36.7. The maximum absolute atomic E-state index is 5.54. The zero-order valence-corrected chi connectivity index (χ0v) is 35.7. The summed E-state index contributed by atoms with van der Waals surface area (Å²) in [4.78, 5) is 18.6. The highest BCUT2D eigenvalue weighted by Crippen LogP contribution is 2.64. The molecule has 0 saturated carbocycles. The minimum Gasteiger partial charge on any atom is -0.310 e. The predicted molar refractivity (Wildman–Crippen MR) is 272 cm³/mol. The monoisotopic (exact) mass is 838 g/mol. The molecule has 4 heterocycles. The van der Waals surface area contributed by atoms with Gasteiger partial charge in [-0.05, 0) is 93.4 Å². The number of hydrogen-bond donors (Lipinski definition) is 0. The van der Waals surface area contributed by atoms with Crippen molar-refractivity contribution < 1.29 is 0 Å². The second kappa shape index (κ2) is 14.1. The van der Waals surface area contributed by atoms with Crippen molar-refractivity contribution in [2.75, 3.05) is 4.90 Å². The lowest BCUT2D eigenvalue weighted by Gasteiger charge is -2.45. The van der Waals surface area contributed by atoms with Gasteiger partial charge < -0.3 is 4.90 Å². The van der Waals surface area contributed by atoms with Gasteiger partial charge in [0.05, 0.1) is 50.4 Å². The van der Waals surface area contributed by atoms with E-state index in [1.807, 2.05) is 6.07 Å². The number of pyridine rings is 3. The number of rotatable bonds is 4. The Labute approximate surface area is 381 Å². The molecular weight excluding hydrogens is 801 g/mol. The van der Waals surface area contributed by atoms with Gasteiger partial charge in [-0.25, -0.2) is 15.0 Å². The maximum atomic E-state index is 5.54. The van der Waals surface area contributed by atoms with Gasteiger partial charge in [0.25, 0.3) is 0 Å². The van der Waals surface area contributed by atoms with Crippen LogP contribution in [-0.2, 0) is 5.41 Å². The summed E-state index contributed by atoms with van der Waals surface area (Å²) in [6.07, 6.45) is 0. The smallest absolute Gasteiger partial charge is 0.0972 e. The highest BCUT2D eigenvalue weighted by Gasteiger charge is 2.51. The summed E-state index contributed by atoms with van der Waals surface area (Å²) < 4.78 is 0. The van der Waals surface area contributed by atoms with Crippen LogP contribution in [0.5, 0.6) is 0 Å². The minimum absolute atomic E-state index is 0.592. The van der Waals surface area contributed by atoms with Crippen LogP contribution in [0.4, 0.5) is 17.1 Å². The lowest BCUT2D eigenvalue weighted by Crippen LogP contribution is -2.36. The van der Waals surface area contributed by atoms with Crippen LogP contribution in [0.1, 0.15) is 22.3 Å². The second-order valence-electron chi connectivity index (χ2n) is 17.5. The number of anilines is 3. The normalized spacial score (nSPS) is 13.2. The molecular formula is C62H38N4. The lowest BCUT2D eigenvalue weighted by molar-refractivity contribution is 0.754. The van der Waals surface area contributed by atoms with Crippen LogP contribution in [0.3, 0.4) is 0 Å². The minimum atomic E-state index is -0.592. The van der Waals surface area contributed by atoms with Crippen molar-refractivity contribution in [2.45, 2.75) is 5.41 Å². The third-order valence-corrected chi connectivity index (χ3v) is 14.0. The summed E-state index contributed by atoms with van der Waals surface area (Å²) >= 11 is 0. The van der Waals surface area contributed by atoms with Crippen LogP contribution in [0, 0.1) is 0 Å². The number of para-hydroxylation sites is 2. The fraction of sp³-hybridized carbons (Fsp3) is 0.0161. The van der Waals surface area contributed by atoms with Crippen molar-refractivity contribution in [3.8, 4) is 44.9 Å². The molecule has 0 unspecified atom stereocenters. The summed E-state index contributed by atoms with van der Waals surface area (Å²) in [6.45, 7) is 0.